The highest BCUT2D eigenvalue weighted by atomic mass is 35.5. The molecule has 0 spiro atoms. The molecule has 1 aromatic rings. The van der Waals surface area contributed by atoms with Crippen molar-refractivity contribution in [2.45, 2.75) is 32.2 Å². The summed E-state index contributed by atoms with van der Waals surface area (Å²) in [5, 5.41) is 0. The van der Waals surface area contributed by atoms with Crippen LogP contribution in [0.1, 0.15) is 31.4 Å². The number of aromatic nitrogens is 2. The zero-order valence-corrected chi connectivity index (χ0v) is 8.67. The van der Waals surface area contributed by atoms with E-state index in [4.69, 9.17) is 11.6 Å². The predicted molar refractivity (Wildman–Crippen MR) is 54.1 cm³/mol. The first-order valence-electron chi connectivity index (χ1n) is 4.92. The Hall–Kier alpha value is -0.500. The SMILES string of the molecule is CCCn1cncc1C1CC1CCl. The number of imidazole rings is 1. The Kier molecular flexibility index (Phi) is 2.58. The molecule has 72 valence electrons. The van der Waals surface area contributed by atoms with Gasteiger partial charge in [-0.3, -0.25) is 0 Å². The first-order valence-corrected chi connectivity index (χ1v) is 5.46. The van der Waals surface area contributed by atoms with Crippen molar-refractivity contribution in [3.05, 3.63) is 18.2 Å². The summed E-state index contributed by atoms with van der Waals surface area (Å²) in [5.41, 5.74) is 1.38. The topological polar surface area (TPSA) is 17.8 Å². The van der Waals surface area contributed by atoms with E-state index in [0.717, 1.165) is 12.4 Å². The quantitative estimate of drug-likeness (QED) is 0.681. The molecule has 1 aromatic heterocycles. The summed E-state index contributed by atoms with van der Waals surface area (Å²) in [6.07, 6.45) is 6.34. The predicted octanol–water partition coefficient (Wildman–Crippen LogP) is 2.64. The Morgan fingerprint density at radius 2 is 2.54 bits per heavy atom. The zero-order valence-electron chi connectivity index (χ0n) is 7.91. The van der Waals surface area contributed by atoms with Gasteiger partial charge in [0.05, 0.1) is 6.33 Å². The minimum Gasteiger partial charge on any atom is -0.334 e. The first-order chi connectivity index (χ1) is 6.36. The summed E-state index contributed by atoms with van der Waals surface area (Å²) in [6.45, 7) is 3.27. The highest BCUT2D eigenvalue weighted by molar-refractivity contribution is 6.18. The van der Waals surface area contributed by atoms with E-state index in [9.17, 15) is 0 Å². The average molecular weight is 199 g/mol. The number of hydrogen-bond donors (Lipinski definition) is 0. The highest BCUT2D eigenvalue weighted by Crippen LogP contribution is 2.47. The number of nitrogens with zero attached hydrogens (tertiary/aromatic N) is 2. The van der Waals surface area contributed by atoms with Crippen molar-refractivity contribution in [2.24, 2.45) is 5.92 Å². The smallest absolute Gasteiger partial charge is 0.0948 e. The number of hydrogen-bond acceptors (Lipinski definition) is 1. The molecule has 3 heteroatoms. The third-order valence-corrected chi connectivity index (χ3v) is 3.11. The highest BCUT2D eigenvalue weighted by Gasteiger charge is 2.39. The fraction of sp³-hybridized carbons (Fsp3) is 0.700. The summed E-state index contributed by atoms with van der Waals surface area (Å²) in [7, 11) is 0. The van der Waals surface area contributed by atoms with Crippen molar-refractivity contribution < 1.29 is 0 Å². The second-order valence-corrected chi connectivity index (χ2v) is 4.08. The standard InChI is InChI=1S/C10H15ClN2/c1-2-3-13-7-12-6-10(13)9-4-8(9)5-11/h6-9H,2-5H2,1H3. The Morgan fingerprint density at radius 3 is 3.15 bits per heavy atom. The largest absolute Gasteiger partial charge is 0.334 e. The summed E-state index contributed by atoms with van der Waals surface area (Å²) >= 11 is 5.81. The van der Waals surface area contributed by atoms with E-state index in [0.29, 0.717) is 11.8 Å². The van der Waals surface area contributed by atoms with Gasteiger partial charge in [-0.05, 0) is 18.8 Å². The number of rotatable bonds is 4. The van der Waals surface area contributed by atoms with Gasteiger partial charge < -0.3 is 4.57 Å². The van der Waals surface area contributed by atoms with E-state index in [1.54, 1.807) is 0 Å². The first kappa shape index (κ1) is 9.07. The van der Waals surface area contributed by atoms with Crippen LogP contribution in [0.2, 0.25) is 0 Å². The maximum Gasteiger partial charge on any atom is 0.0948 e. The molecule has 0 aromatic carbocycles. The lowest BCUT2D eigenvalue weighted by Crippen LogP contribution is -2.00. The molecular weight excluding hydrogens is 184 g/mol. The van der Waals surface area contributed by atoms with Crippen molar-refractivity contribution in [2.75, 3.05) is 5.88 Å². The second kappa shape index (κ2) is 3.70. The van der Waals surface area contributed by atoms with Crippen LogP contribution >= 0.6 is 11.6 Å². The minimum atomic E-state index is 0.687. The van der Waals surface area contributed by atoms with Gasteiger partial charge in [0.25, 0.3) is 0 Å². The molecule has 0 N–H and O–H groups in total. The Balaban J connectivity index is 2.07. The summed E-state index contributed by atoms with van der Waals surface area (Å²) in [5.74, 6) is 2.18. The van der Waals surface area contributed by atoms with Crippen LogP contribution < -0.4 is 0 Å². The molecule has 0 aliphatic heterocycles. The summed E-state index contributed by atoms with van der Waals surface area (Å²) < 4.78 is 2.26. The molecule has 2 nitrogen and oxygen atoms in total. The number of aryl methyl sites for hydroxylation is 1. The van der Waals surface area contributed by atoms with Gasteiger partial charge in [-0.15, -0.1) is 11.6 Å². The van der Waals surface area contributed by atoms with E-state index < -0.39 is 0 Å². The molecule has 1 aliphatic rings. The Bertz CT molecular complexity index is 282. The van der Waals surface area contributed by atoms with Crippen LogP contribution in [0, 0.1) is 5.92 Å². The van der Waals surface area contributed by atoms with Gasteiger partial charge in [0.1, 0.15) is 0 Å². The van der Waals surface area contributed by atoms with E-state index >= 15 is 0 Å². The van der Waals surface area contributed by atoms with Crippen LogP contribution in [0.3, 0.4) is 0 Å². The van der Waals surface area contributed by atoms with Crippen LogP contribution in [0.5, 0.6) is 0 Å². The van der Waals surface area contributed by atoms with Crippen molar-refractivity contribution in [3.63, 3.8) is 0 Å². The third-order valence-electron chi connectivity index (χ3n) is 2.71. The van der Waals surface area contributed by atoms with Gasteiger partial charge in [0.15, 0.2) is 0 Å². The van der Waals surface area contributed by atoms with Crippen LogP contribution in [0.4, 0.5) is 0 Å². The Morgan fingerprint density at radius 1 is 1.69 bits per heavy atom. The molecule has 1 saturated carbocycles. The van der Waals surface area contributed by atoms with E-state index in [2.05, 4.69) is 16.5 Å². The molecule has 0 bridgehead atoms. The lowest BCUT2D eigenvalue weighted by molar-refractivity contribution is 0.641. The molecule has 0 radical (unpaired) electrons. The molecule has 2 unspecified atom stereocenters. The molecule has 1 aliphatic carbocycles. The van der Waals surface area contributed by atoms with Crippen molar-refractivity contribution in [3.8, 4) is 0 Å². The van der Waals surface area contributed by atoms with E-state index in [1.807, 2.05) is 12.5 Å². The van der Waals surface area contributed by atoms with Crippen LogP contribution in [-0.2, 0) is 6.54 Å². The summed E-state index contributed by atoms with van der Waals surface area (Å²) in [4.78, 5) is 4.19. The minimum absolute atomic E-state index is 0.687. The Labute approximate surface area is 83.9 Å². The molecular formula is C10H15ClN2. The van der Waals surface area contributed by atoms with Crippen molar-refractivity contribution in [1.82, 2.24) is 9.55 Å². The molecule has 1 heterocycles. The molecule has 0 amide bonds. The van der Waals surface area contributed by atoms with Gasteiger partial charge in [0.2, 0.25) is 0 Å². The molecule has 2 atom stereocenters. The summed E-state index contributed by atoms with van der Waals surface area (Å²) in [6, 6.07) is 0. The lowest BCUT2D eigenvalue weighted by Gasteiger charge is -2.04. The van der Waals surface area contributed by atoms with Gasteiger partial charge in [-0.25, -0.2) is 4.98 Å². The van der Waals surface area contributed by atoms with E-state index in [1.165, 1.54) is 18.5 Å². The van der Waals surface area contributed by atoms with E-state index in [-0.39, 0.29) is 0 Å². The normalized spacial score (nSPS) is 26.3. The van der Waals surface area contributed by atoms with Crippen molar-refractivity contribution >= 4 is 11.6 Å². The molecule has 1 fully saturated rings. The maximum atomic E-state index is 5.81. The molecule has 13 heavy (non-hydrogen) atoms. The fourth-order valence-corrected chi connectivity index (χ4v) is 2.19. The van der Waals surface area contributed by atoms with Gasteiger partial charge in [0, 0.05) is 30.2 Å². The van der Waals surface area contributed by atoms with Gasteiger partial charge in [-0.2, -0.15) is 0 Å². The van der Waals surface area contributed by atoms with Crippen molar-refractivity contribution in [1.29, 1.82) is 0 Å². The monoisotopic (exact) mass is 198 g/mol. The lowest BCUT2D eigenvalue weighted by atomic mass is 10.2. The van der Waals surface area contributed by atoms with Crippen LogP contribution in [-0.4, -0.2) is 15.4 Å². The van der Waals surface area contributed by atoms with Gasteiger partial charge >= 0.3 is 0 Å². The van der Waals surface area contributed by atoms with Gasteiger partial charge in [-0.1, -0.05) is 6.92 Å². The molecule has 2 rings (SSSR count). The third kappa shape index (κ3) is 1.73. The fourth-order valence-electron chi connectivity index (χ4n) is 1.85. The average Bonchev–Trinajstić information content (AvgIpc) is 2.79. The van der Waals surface area contributed by atoms with Crippen LogP contribution in [0.15, 0.2) is 12.5 Å². The molecule has 0 saturated heterocycles. The number of halogens is 1. The number of alkyl halides is 1. The maximum absolute atomic E-state index is 5.81. The second-order valence-electron chi connectivity index (χ2n) is 3.77. The van der Waals surface area contributed by atoms with Crippen LogP contribution in [0.25, 0.3) is 0 Å². The zero-order chi connectivity index (χ0) is 9.26.